The first-order valence-electron chi connectivity index (χ1n) is 17.9. The van der Waals surface area contributed by atoms with Crippen LogP contribution >= 0.6 is 11.3 Å². The number of ether oxygens (including phenoxy) is 3. The molecule has 3 saturated carbocycles. The summed E-state index contributed by atoms with van der Waals surface area (Å²) in [5.74, 6) is 1.51. The molecule has 8 unspecified atom stereocenters. The van der Waals surface area contributed by atoms with Gasteiger partial charge in [0.25, 0.3) is 0 Å². The van der Waals surface area contributed by atoms with E-state index in [4.69, 9.17) is 14.2 Å². The van der Waals surface area contributed by atoms with Gasteiger partial charge >= 0.3 is 6.09 Å². The molecule has 6 aliphatic carbocycles. The number of nitrogens with zero attached hydrogens (tertiary/aromatic N) is 1. The molecular formula is C40H51NO7S. The second-order valence-corrected chi connectivity index (χ2v) is 17.1. The van der Waals surface area contributed by atoms with Crippen LogP contribution in [0.2, 0.25) is 0 Å². The van der Waals surface area contributed by atoms with E-state index in [0.29, 0.717) is 24.3 Å². The van der Waals surface area contributed by atoms with Crippen LogP contribution in [-0.4, -0.2) is 66.1 Å². The number of benzene rings is 1. The number of Topliss-reactive ketones (excluding diaryl/α,β-unsaturated/α-hetero) is 1. The molecule has 1 aromatic carbocycles. The Morgan fingerprint density at radius 3 is 2.41 bits per heavy atom. The van der Waals surface area contributed by atoms with Crippen LogP contribution in [0, 0.1) is 40.4 Å². The molecule has 1 amide bonds. The Labute approximate surface area is 294 Å². The summed E-state index contributed by atoms with van der Waals surface area (Å²) in [6.07, 6.45) is 11.2. The lowest BCUT2D eigenvalue weighted by molar-refractivity contribution is -0.175. The number of hydrogen-bond acceptors (Lipinski definition) is 8. The Balaban J connectivity index is 1.29. The van der Waals surface area contributed by atoms with Crippen LogP contribution in [0.3, 0.4) is 0 Å². The Morgan fingerprint density at radius 2 is 1.71 bits per heavy atom. The van der Waals surface area contributed by atoms with Gasteiger partial charge in [-0.05, 0) is 100 Å². The van der Waals surface area contributed by atoms with Gasteiger partial charge in [0.1, 0.15) is 11.5 Å². The van der Waals surface area contributed by atoms with E-state index in [1.807, 2.05) is 31.2 Å². The van der Waals surface area contributed by atoms with E-state index in [9.17, 15) is 19.8 Å². The molecule has 0 aliphatic heterocycles. The maximum Gasteiger partial charge on any atom is 0.410 e. The van der Waals surface area contributed by atoms with Crippen molar-refractivity contribution >= 4 is 23.2 Å². The molecule has 8 atom stereocenters. The lowest BCUT2D eigenvalue weighted by Crippen LogP contribution is -2.67. The van der Waals surface area contributed by atoms with Crippen molar-refractivity contribution in [2.24, 2.45) is 33.5 Å². The average Bonchev–Trinajstić information content (AvgIpc) is 3.64. The minimum atomic E-state index is -1.22. The maximum absolute atomic E-state index is 14.7. The van der Waals surface area contributed by atoms with E-state index >= 15 is 0 Å². The number of hydrogen-bond donors (Lipinski definition) is 2. The number of methoxy groups -OCH3 is 2. The third kappa shape index (κ3) is 4.89. The standard InChI is InChI=1S/C40H51NO7S/c1-7-48-35(44)41(23-26-9-10-28(46-5)20-30(26)47-6)24-39(45)17-14-33-37(39,4)16-13-32-36(3)15-12-27(42)21-38(36)18-19-40(32,33)29(22-38)34(43)31-11-8-25(2)49-31/h8-11,18-20,22,27,32-33,42,45H,7,12-17,21,23-24H2,1-6H3. The molecule has 1 heterocycles. The molecule has 2 N–H and O–H groups in total. The molecule has 2 aromatic rings. The molecule has 0 saturated heterocycles. The molecule has 49 heavy (non-hydrogen) atoms. The number of allylic oxidation sites excluding steroid dienone is 4. The number of aliphatic hydroxyl groups is 2. The Hall–Kier alpha value is -3.14. The first-order chi connectivity index (χ1) is 23.3. The van der Waals surface area contributed by atoms with Crippen LogP contribution in [0.25, 0.3) is 0 Å². The zero-order chi connectivity index (χ0) is 35.0. The largest absolute Gasteiger partial charge is 0.497 e. The molecule has 6 aliphatic rings. The van der Waals surface area contributed by atoms with Crippen LogP contribution in [-0.2, 0) is 11.3 Å². The van der Waals surface area contributed by atoms with Gasteiger partial charge in [0.2, 0.25) is 0 Å². The number of amides is 1. The molecule has 264 valence electrons. The number of rotatable bonds is 9. The summed E-state index contributed by atoms with van der Waals surface area (Å²) in [6.45, 7) is 8.93. The molecule has 9 heteroatoms. The molecule has 1 aromatic heterocycles. The monoisotopic (exact) mass is 689 g/mol. The van der Waals surface area contributed by atoms with Gasteiger partial charge in [0, 0.05) is 38.3 Å². The number of aryl methyl sites for hydroxylation is 1. The van der Waals surface area contributed by atoms with Gasteiger partial charge in [-0.3, -0.25) is 4.79 Å². The van der Waals surface area contributed by atoms with Crippen molar-refractivity contribution in [3.63, 3.8) is 0 Å². The number of fused-ring (bicyclic) bond motifs is 1. The molecule has 8 rings (SSSR count). The molecule has 0 radical (unpaired) electrons. The quantitative estimate of drug-likeness (QED) is 0.208. The van der Waals surface area contributed by atoms with Crippen LogP contribution in [0.4, 0.5) is 4.79 Å². The third-order valence-corrected chi connectivity index (χ3v) is 14.8. The molecular weight excluding hydrogens is 639 g/mol. The summed E-state index contributed by atoms with van der Waals surface area (Å²) < 4.78 is 16.6. The van der Waals surface area contributed by atoms with Crippen molar-refractivity contribution < 1.29 is 34.0 Å². The van der Waals surface area contributed by atoms with Crippen LogP contribution in [0.1, 0.15) is 85.8 Å². The SMILES string of the molecule is CCOC(=O)N(Cc1ccc(OC)cc1OC)CC1(O)CCC2C34C=CC5(C=C3C(=O)c3ccc(C)s3)CC(O)CCC5(C)C4CCC21C. The van der Waals surface area contributed by atoms with Crippen LogP contribution in [0.5, 0.6) is 11.5 Å². The highest BCUT2D eigenvalue weighted by molar-refractivity contribution is 7.14. The summed E-state index contributed by atoms with van der Waals surface area (Å²) >= 11 is 1.54. The van der Waals surface area contributed by atoms with Gasteiger partial charge in [-0.1, -0.05) is 32.1 Å². The van der Waals surface area contributed by atoms with Gasteiger partial charge in [-0.15, -0.1) is 11.3 Å². The first-order valence-corrected chi connectivity index (χ1v) is 18.7. The average molecular weight is 690 g/mol. The van der Waals surface area contributed by atoms with Crippen LogP contribution < -0.4 is 9.47 Å². The normalized spacial score (nSPS) is 37.1. The van der Waals surface area contributed by atoms with E-state index in [-0.39, 0.29) is 48.1 Å². The summed E-state index contributed by atoms with van der Waals surface area (Å²) in [5.41, 5.74) is -1.22. The highest BCUT2D eigenvalue weighted by Crippen LogP contribution is 2.78. The van der Waals surface area contributed by atoms with Crippen LogP contribution in [0.15, 0.2) is 54.1 Å². The fraction of sp³-hybridized carbons (Fsp3) is 0.600. The van der Waals surface area contributed by atoms with E-state index in [0.717, 1.165) is 53.0 Å². The summed E-state index contributed by atoms with van der Waals surface area (Å²) in [7, 11) is 3.19. The highest BCUT2D eigenvalue weighted by atomic mass is 32.1. The zero-order valence-electron chi connectivity index (χ0n) is 29.7. The summed E-state index contributed by atoms with van der Waals surface area (Å²) in [4.78, 5) is 31.8. The van der Waals surface area contributed by atoms with E-state index < -0.39 is 28.6 Å². The van der Waals surface area contributed by atoms with Crippen molar-refractivity contribution in [1.82, 2.24) is 4.90 Å². The van der Waals surface area contributed by atoms with Gasteiger partial charge in [0.05, 0.1) is 50.5 Å². The number of carbonyl (C=O) groups is 2. The lowest BCUT2D eigenvalue weighted by Gasteiger charge is -2.71. The predicted molar refractivity (Wildman–Crippen MR) is 189 cm³/mol. The number of aliphatic hydroxyl groups excluding tert-OH is 1. The Bertz CT molecular complexity index is 1720. The number of carbonyl (C=O) groups excluding carboxylic acids is 2. The maximum atomic E-state index is 14.7. The van der Waals surface area contributed by atoms with Crippen molar-refractivity contribution in [1.29, 1.82) is 0 Å². The van der Waals surface area contributed by atoms with Gasteiger partial charge < -0.3 is 29.3 Å². The fourth-order valence-electron chi connectivity index (χ4n) is 11.2. The lowest BCUT2D eigenvalue weighted by atomic mass is 9.32. The first kappa shape index (κ1) is 34.3. The zero-order valence-corrected chi connectivity index (χ0v) is 30.5. The van der Waals surface area contributed by atoms with Crippen molar-refractivity contribution in [3.05, 3.63) is 69.5 Å². The minimum Gasteiger partial charge on any atom is -0.497 e. The van der Waals surface area contributed by atoms with Crippen molar-refractivity contribution in [3.8, 4) is 11.5 Å². The highest BCUT2D eigenvalue weighted by Gasteiger charge is 2.74. The van der Waals surface area contributed by atoms with Gasteiger partial charge in [0.15, 0.2) is 5.78 Å². The molecule has 3 fully saturated rings. The summed E-state index contributed by atoms with van der Waals surface area (Å²) in [6, 6.07) is 9.48. The summed E-state index contributed by atoms with van der Waals surface area (Å²) in [5, 5.41) is 23.9. The second-order valence-electron chi connectivity index (χ2n) is 15.8. The predicted octanol–water partition coefficient (Wildman–Crippen LogP) is 7.51. The van der Waals surface area contributed by atoms with E-state index in [2.05, 4.69) is 32.1 Å². The molecule has 2 spiro atoms. The Morgan fingerprint density at radius 1 is 0.980 bits per heavy atom. The fourth-order valence-corrected chi connectivity index (χ4v) is 12.0. The smallest absolute Gasteiger partial charge is 0.410 e. The van der Waals surface area contributed by atoms with Crippen molar-refractivity contribution in [2.75, 3.05) is 27.4 Å². The topological polar surface area (TPSA) is 106 Å². The number of thiophene rings is 1. The number of ketones is 1. The van der Waals surface area contributed by atoms with E-state index in [1.165, 1.54) is 11.3 Å². The van der Waals surface area contributed by atoms with Gasteiger partial charge in [-0.25, -0.2) is 4.79 Å². The molecule has 2 bridgehead atoms. The third-order valence-electron chi connectivity index (χ3n) is 13.8. The minimum absolute atomic E-state index is 0.0159. The van der Waals surface area contributed by atoms with Gasteiger partial charge in [-0.2, -0.15) is 0 Å². The molecule has 8 nitrogen and oxygen atoms in total. The van der Waals surface area contributed by atoms with Crippen molar-refractivity contribution in [2.45, 2.75) is 90.9 Å². The Kier molecular flexibility index (Phi) is 8.39. The second kappa shape index (κ2) is 12.0. The van der Waals surface area contributed by atoms with E-state index in [1.54, 1.807) is 32.1 Å².